The Morgan fingerprint density at radius 1 is 1.37 bits per heavy atom. The zero-order valence-corrected chi connectivity index (χ0v) is 10.8. The van der Waals surface area contributed by atoms with Crippen molar-refractivity contribution in [2.75, 3.05) is 25.1 Å². The minimum atomic E-state index is -0.482. The van der Waals surface area contributed by atoms with Gasteiger partial charge in [0, 0.05) is 12.7 Å². The number of nitrogens with one attached hydrogen (secondary N) is 1. The fourth-order valence-corrected chi connectivity index (χ4v) is 1.36. The molecule has 0 aromatic heterocycles. The summed E-state index contributed by atoms with van der Waals surface area (Å²) < 4.78 is 4.70. The van der Waals surface area contributed by atoms with E-state index in [1.165, 1.54) is 4.90 Å². The van der Waals surface area contributed by atoms with E-state index in [1.807, 2.05) is 6.07 Å². The van der Waals surface area contributed by atoms with E-state index in [-0.39, 0.29) is 13.2 Å². The summed E-state index contributed by atoms with van der Waals surface area (Å²) in [6.07, 6.45) is 0. The summed E-state index contributed by atoms with van der Waals surface area (Å²) in [4.78, 5) is 24.2. The quantitative estimate of drug-likeness (QED) is 0.827. The molecule has 0 heterocycles. The molecule has 0 atom stereocenters. The number of benzene rings is 1. The highest BCUT2D eigenvalue weighted by molar-refractivity contribution is 5.93. The van der Waals surface area contributed by atoms with Gasteiger partial charge in [0.25, 0.3) is 0 Å². The largest absolute Gasteiger partial charge is 0.465 e. The number of nitrogens with zero attached hydrogens (tertiary/aromatic N) is 2. The highest BCUT2D eigenvalue weighted by Crippen LogP contribution is 2.13. The molecule has 6 nitrogen and oxygen atoms in total. The molecule has 6 heteroatoms. The van der Waals surface area contributed by atoms with Crippen LogP contribution in [0.2, 0.25) is 0 Å². The van der Waals surface area contributed by atoms with E-state index < -0.39 is 12.0 Å². The van der Waals surface area contributed by atoms with Gasteiger partial charge in [0.05, 0.1) is 18.2 Å². The maximum Gasteiger partial charge on any atom is 0.325 e. The van der Waals surface area contributed by atoms with E-state index in [0.29, 0.717) is 11.3 Å². The van der Waals surface area contributed by atoms with Gasteiger partial charge < -0.3 is 10.1 Å². The van der Waals surface area contributed by atoms with Gasteiger partial charge in [-0.1, -0.05) is 0 Å². The number of hydrogen-bond acceptors (Lipinski definition) is 4. The fraction of sp³-hybridized carbons (Fsp3) is 0.308. The number of carbonyl (C=O) groups is 2. The molecule has 0 saturated heterocycles. The van der Waals surface area contributed by atoms with Gasteiger partial charge >= 0.3 is 12.0 Å². The highest BCUT2D eigenvalue weighted by atomic mass is 16.5. The molecular formula is C13H15N3O3. The first-order valence-electron chi connectivity index (χ1n) is 5.75. The number of anilines is 1. The number of amides is 2. The zero-order valence-electron chi connectivity index (χ0n) is 10.8. The molecule has 1 rings (SSSR count). The number of rotatable bonds is 4. The summed E-state index contributed by atoms with van der Waals surface area (Å²) in [5, 5.41) is 11.1. The number of hydrogen-bond donors (Lipinski definition) is 1. The molecule has 0 aliphatic carbocycles. The van der Waals surface area contributed by atoms with E-state index in [0.717, 1.165) is 0 Å². The number of esters is 1. The Labute approximate surface area is 111 Å². The molecule has 2 amide bonds. The van der Waals surface area contributed by atoms with Gasteiger partial charge in [-0.2, -0.15) is 5.26 Å². The summed E-state index contributed by atoms with van der Waals surface area (Å²) in [6, 6.07) is 8.12. The van der Waals surface area contributed by atoms with E-state index in [9.17, 15) is 9.59 Å². The topological polar surface area (TPSA) is 82.4 Å². The van der Waals surface area contributed by atoms with E-state index in [2.05, 4.69) is 5.32 Å². The Morgan fingerprint density at radius 3 is 2.53 bits per heavy atom. The van der Waals surface area contributed by atoms with Crippen molar-refractivity contribution in [2.45, 2.75) is 6.92 Å². The second-order valence-corrected chi connectivity index (χ2v) is 3.68. The van der Waals surface area contributed by atoms with Gasteiger partial charge in [-0.05, 0) is 31.2 Å². The standard InChI is InChI=1S/C13H15N3O3/c1-3-19-12(17)9-15-13(18)16(2)11-6-4-10(8-14)5-7-11/h4-7H,3,9H2,1-2H3,(H,15,18). The van der Waals surface area contributed by atoms with Crippen molar-refractivity contribution in [1.29, 1.82) is 5.26 Å². The van der Waals surface area contributed by atoms with Crippen molar-refractivity contribution in [3.63, 3.8) is 0 Å². The number of carbonyl (C=O) groups excluding carboxylic acids is 2. The third-order valence-corrected chi connectivity index (χ3v) is 2.38. The lowest BCUT2D eigenvalue weighted by Crippen LogP contribution is -2.40. The molecule has 0 radical (unpaired) electrons. The minimum absolute atomic E-state index is 0.173. The molecule has 0 saturated carbocycles. The van der Waals surface area contributed by atoms with Gasteiger partial charge in [0.2, 0.25) is 0 Å². The summed E-state index contributed by atoms with van der Waals surface area (Å²) in [6.45, 7) is 1.80. The van der Waals surface area contributed by atoms with Gasteiger partial charge in [0.1, 0.15) is 6.54 Å². The smallest absolute Gasteiger partial charge is 0.325 e. The summed E-state index contributed by atoms with van der Waals surface area (Å²) in [7, 11) is 1.57. The van der Waals surface area contributed by atoms with Gasteiger partial charge in [0.15, 0.2) is 0 Å². The van der Waals surface area contributed by atoms with Crippen LogP contribution in [0, 0.1) is 11.3 Å². The molecule has 0 fully saturated rings. The van der Waals surface area contributed by atoms with Gasteiger partial charge in [-0.25, -0.2) is 4.79 Å². The summed E-state index contributed by atoms with van der Waals surface area (Å²) in [5.41, 5.74) is 1.14. The number of urea groups is 1. The first kappa shape index (κ1) is 14.5. The average Bonchev–Trinajstić information content (AvgIpc) is 2.44. The highest BCUT2D eigenvalue weighted by Gasteiger charge is 2.12. The number of nitriles is 1. The molecule has 1 aromatic carbocycles. The Hall–Kier alpha value is -2.55. The molecule has 0 unspecified atom stereocenters. The molecule has 0 spiro atoms. The maximum atomic E-state index is 11.7. The minimum Gasteiger partial charge on any atom is -0.465 e. The maximum absolute atomic E-state index is 11.7. The van der Waals surface area contributed by atoms with Crippen LogP contribution in [0.25, 0.3) is 0 Å². The van der Waals surface area contributed by atoms with Gasteiger partial charge in [-0.15, -0.1) is 0 Å². The van der Waals surface area contributed by atoms with Crippen LogP contribution < -0.4 is 10.2 Å². The van der Waals surface area contributed by atoms with Crippen molar-refractivity contribution in [3.05, 3.63) is 29.8 Å². The number of ether oxygens (including phenoxy) is 1. The third kappa shape index (κ3) is 4.32. The van der Waals surface area contributed by atoms with Crippen molar-refractivity contribution in [2.24, 2.45) is 0 Å². The molecule has 100 valence electrons. The normalized spacial score (nSPS) is 9.32. The molecule has 1 aromatic rings. The SMILES string of the molecule is CCOC(=O)CNC(=O)N(C)c1ccc(C#N)cc1. The predicted octanol–water partition coefficient (Wildman–Crippen LogP) is 1.27. The first-order chi connectivity index (χ1) is 9.08. The lowest BCUT2D eigenvalue weighted by atomic mass is 10.2. The average molecular weight is 261 g/mol. The summed E-state index contributed by atoms with van der Waals surface area (Å²) >= 11 is 0. The zero-order chi connectivity index (χ0) is 14.3. The van der Waals surface area contributed by atoms with Crippen LogP contribution in [-0.2, 0) is 9.53 Å². The lowest BCUT2D eigenvalue weighted by Gasteiger charge is -2.17. The van der Waals surface area contributed by atoms with Crippen LogP contribution in [0.15, 0.2) is 24.3 Å². The first-order valence-corrected chi connectivity index (χ1v) is 5.75. The van der Waals surface area contributed by atoms with Gasteiger partial charge in [-0.3, -0.25) is 9.69 Å². The Balaban J connectivity index is 2.56. The van der Waals surface area contributed by atoms with E-state index in [1.54, 1.807) is 38.2 Å². The van der Waals surface area contributed by atoms with Crippen molar-refractivity contribution >= 4 is 17.7 Å². The van der Waals surface area contributed by atoms with Crippen LogP contribution in [-0.4, -0.2) is 32.2 Å². The van der Waals surface area contributed by atoms with Crippen LogP contribution in [0.3, 0.4) is 0 Å². The Kier molecular flexibility index (Phi) is 5.35. The predicted molar refractivity (Wildman–Crippen MR) is 69.6 cm³/mol. The van der Waals surface area contributed by atoms with Crippen molar-refractivity contribution in [3.8, 4) is 6.07 Å². The van der Waals surface area contributed by atoms with E-state index >= 15 is 0 Å². The second kappa shape index (κ2) is 7.01. The van der Waals surface area contributed by atoms with Crippen LogP contribution in [0.5, 0.6) is 0 Å². The molecular weight excluding hydrogens is 246 g/mol. The van der Waals surface area contributed by atoms with Crippen LogP contribution in [0.1, 0.15) is 12.5 Å². The molecule has 0 aliphatic heterocycles. The van der Waals surface area contributed by atoms with Crippen LogP contribution in [0.4, 0.5) is 10.5 Å². The Bertz CT molecular complexity index is 491. The van der Waals surface area contributed by atoms with E-state index in [4.69, 9.17) is 10.00 Å². The lowest BCUT2D eigenvalue weighted by molar-refractivity contribution is -0.141. The Morgan fingerprint density at radius 2 is 2.00 bits per heavy atom. The monoisotopic (exact) mass is 261 g/mol. The fourth-order valence-electron chi connectivity index (χ4n) is 1.36. The molecule has 19 heavy (non-hydrogen) atoms. The van der Waals surface area contributed by atoms with Crippen molar-refractivity contribution < 1.29 is 14.3 Å². The second-order valence-electron chi connectivity index (χ2n) is 3.68. The molecule has 1 N–H and O–H groups in total. The third-order valence-electron chi connectivity index (χ3n) is 2.38. The van der Waals surface area contributed by atoms with Crippen molar-refractivity contribution in [1.82, 2.24) is 5.32 Å². The summed E-state index contributed by atoms with van der Waals surface area (Å²) in [5.74, 6) is -0.482. The van der Waals surface area contributed by atoms with Crippen LogP contribution >= 0.6 is 0 Å². The molecule has 0 bridgehead atoms. The molecule has 0 aliphatic rings.